The Bertz CT molecular complexity index is 1060. The molecule has 1 aliphatic rings. The average molecular weight is 473 g/mol. The van der Waals surface area contributed by atoms with Gasteiger partial charge in [-0.3, -0.25) is 0 Å². The molecule has 7 nitrogen and oxygen atoms in total. The first-order valence-corrected chi connectivity index (χ1v) is 12.4. The van der Waals surface area contributed by atoms with E-state index in [0.29, 0.717) is 12.2 Å². The molecule has 0 saturated carbocycles. The van der Waals surface area contributed by atoms with Crippen LogP contribution in [0.15, 0.2) is 67.3 Å². The van der Waals surface area contributed by atoms with Gasteiger partial charge in [0.15, 0.2) is 0 Å². The molecule has 1 aliphatic heterocycles. The van der Waals surface area contributed by atoms with Crippen LogP contribution >= 0.6 is 0 Å². The first-order valence-electron chi connectivity index (χ1n) is 10.9. The number of rotatable bonds is 9. The lowest BCUT2D eigenvalue weighted by molar-refractivity contribution is 0.119. The van der Waals surface area contributed by atoms with Crippen molar-refractivity contribution in [2.45, 2.75) is 30.6 Å². The molecule has 2 unspecified atom stereocenters. The van der Waals surface area contributed by atoms with Gasteiger partial charge >= 0.3 is 6.09 Å². The molecule has 2 aromatic rings. The van der Waals surface area contributed by atoms with Crippen molar-refractivity contribution in [2.24, 2.45) is 0 Å². The lowest BCUT2D eigenvalue weighted by Crippen LogP contribution is -2.48. The van der Waals surface area contributed by atoms with Gasteiger partial charge < -0.3 is 14.4 Å². The summed E-state index contributed by atoms with van der Waals surface area (Å²) in [4.78, 5) is 14.2. The fraction of sp³-hybridized carbons (Fsp3) is 0.400. The van der Waals surface area contributed by atoms with Crippen molar-refractivity contribution < 1.29 is 22.7 Å². The third kappa shape index (κ3) is 5.07. The molecule has 0 N–H and O–H groups in total. The maximum atomic E-state index is 13.9. The molecular formula is C25H32N2O5S. The lowest BCUT2D eigenvalue weighted by atomic mass is 9.77. The molecular weight excluding hydrogens is 440 g/mol. The van der Waals surface area contributed by atoms with E-state index in [2.05, 4.69) is 6.58 Å². The zero-order valence-corrected chi connectivity index (χ0v) is 20.3. The summed E-state index contributed by atoms with van der Waals surface area (Å²) in [5, 5.41) is -0.808. The standard InChI is InChI=1S/C25H32N2O5S/c1-5-16-32-24(28)27-18-23(25(6-2,19-27)21-10-8-7-9-11-21)33(29,30)26(3)17-20-12-14-22(31-4)15-13-20/h5,7-15,23H,1,6,16-19H2,2-4H3. The van der Waals surface area contributed by atoms with Crippen LogP contribution in [-0.4, -0.2) is 62.8 Å². The monoisotopic (exact) mass is 472 g/mol. The molecule has 1 amide bonds. The number of nitrogens with zero attached hydrogens (tertiary/aromatic N) is 2. The van der Waals surface area contributed by atoms with Gasteiger partial charge in [0.1, 0.15) is 17.6 Å². The summed E-state index contributed by atoms with van der Waals surface area (Å²) in [5.74, 6) is 0.711. The Labute approximate surface area is 196 Å². The van der Waals surface area contributed by atoms with Crippen LogP contribution in [0.3, 0.4) is 0 Å². The van der Waals surface area contributed by atoms with Crippen LogP contribution in [0.2, 0.25) is 0 Å². The number of amides is 1. The number of likely N-dealkylation sites (tertiary alicyclic amines) is 1. The second-order valence-electron chi connectivity index (χ2n) is 8.26. The fourth-order valence-corrected chi connectivity index (χ4v) is 6.59. The molecule has 0 spiro atoms. The van der Waals surface area contributed by atoms with Gasteiger partial charge in [-0.15, -0.1) is 0 Å². The van der Waals surface area contributed by atoms with Crippen LogP contribution in [0, 0.1) is 0 Å². The third-order valence-electron chi connectivity index (χ3n) is 6.40. The van der Waals surface area contributed by atoms with E-state index in [0.717, 1.165) is 11.1 Å². The van der Waals surface area contributed by atoms with Crippen LogP contribution in [-0.2, 0) is 26.7 Å². The third-order valence-corrected chi connectivity index (χ3v) is 8.71. The number of methoxy groups -OCH3 is 1. The maximum Gasteiger partial charge on any atom is 0.410 e. The summed E-state index contributed by atoms with van der Waals surface area (Å²) in [5.41, 5.74) is 1.00. The Hall–Kier alpha value is -2.84. The molecule has 0 bridgehead atoms. The van der Waals surface area contributed by atoms with Crippen molar-refractivity contribution in [2.75, 3.05) is 33.9 Å². The quantitative estimate of drug-likeness (QED) is 0.519. The Morgan fingerprint density at radius 3 is 2.45 bits per heavy atom. The SMILES string of the molecule is C=CCOC(=O)N1CC(S(=O)(=O)N(C)Cc2ccc(OC)cc2)C(CC)(c2ccccc2)C1. The molecule has 1 heterocycles. The van der Waals surface area contributed by atoms with Crippen LogP contribution < -0.4 is 4.74 Å². The van der Waals surface area contributed by atoms with Gasteiger partial charge in [-0.25, -0.2) is 17.5 Å². The van der Waals surface area contributed by atoms with E-state index in [4.69, 9.17) is 9.47 Å². The van der Waals surface area contributed by atoms with Gasteiger partial charge in [0, 0.05) is 32.1 Å². The second-order valence-corrected chi connectivity index (χ2v) is 10.5. The molecule has 1 saturated heterocycles. The minimum absolute atomic E-state index is 0.0635. The van der Waals surface area contributed by atoms with Gasteiger partial charge in [0.25, 0.3) is 0 Å². The van der Waals surface area contributed by atoms with E-state index in [1.165, 1.54) is 15.3 Å². The Kier molecular flexibility index (Phi) is 7.81. The van der Waals surface area contributed by atoms with Gasteiger partial charge in [0.05, 0.1) is 7.11 Å². The summed E-state index contributed by atoms with van der Waals surface area (Å²) in [6.45, 7) is 6.17. The number of hydrogen-bond donors (Lipinski definition) is 0. The molecule has 3 rings (SSSR count). The van der Waals surface area contributed by atoms with Crippen molar-refractivity contribution in [1.29, 1.82) is 0 Å². The molecule has 2 aromatic carbocycles. The number of ether oxygens (including phenoxy) is 2. The molecule has 1 fully saturated rings. The van der Waals surface area contributed by atoms with E-state index in [1.807, 2.05) is 61.5 Å². The van der Waals surface area contributed by atoms with E-state index < -0.39 is 26.8 Å². The molecule has 0 aliphatic carbocycles. The maximum absolute atomic E-state index is 13.9. The molecule has 0 radical (unpaired) electrons. The second kappa shape index (κ2) is 10.4. The topological polar surface area (TPSA) is 76.2 Å². The average Bonchev–Trinajstić information content (AvgIpc) is 3.25. The van der Waals surface area contributed by atoms with Crippen LogP contribution in [0.25, 0.3) is 0 Å². The summed E-state index contributed by atoms with van der Waals surface area (Å²) in [7, 11) is -0.599. The van der Waals surface area contributed by atoms with Crippen molar-refractivity contribution >= 4 is 16.1 Å². The minimum Gasteiger partial charge on any atom is -0.497 e. The highest BCUT2D eigenvalue weighted by Crippen LogP contribution is 2.42. The molecule has 0 aromatic heterocycles. The van der Waals surface area contributed by atoms with Crippen LogP contribution in [0.5, 0.6) is 5.75 Å². The predicted octanol–water partition coefficient (Wildman–Crippen LogP) is 3.81. The molecule has 8 heteroatoms. The minimum atomic E-state index is -3.77. The van der Waals surface area contributed by atoms with Crippen molar-refractivity contribution in [3.05, 3.63) is 78.4 Å². The zero-order valence-electron chi connectivity index (χ0n) is 19.4. The number of carbonyl (C=O) groups excluding carboxylic acids is 1. The largest absolute Gasteiger partial charge is 0.497 e. The number of sulfonamides is 1. The summed E-state index contributed by atoms with van der Waals surface area (Å²) in [6.07, 6.45) is 1.52. The fourth-order valence-electron chi connectivity index (χ4n) is 4.51. The highest BCUT2D eigenvalue weighted by Gasteiger charge is 2.55. The van der Waals surface area contributed by atoms with Crippen molar-refractivity contribution in [3.8, 4) is 5.75 Å². The molecule has 178 valence electrons. The van der Waals surface area contributed by atoms with Gasteiger partial charge in [0.2, 0.25) is 10.0 Å². The van der Waals surface area contributed by atoms with Crippen molar-refractivity contribution in [1.82, 2.24) is 9.21 Å². The summed E-state index contributed by atoms with van der Waals surface area (Å²) < 4.78 is 39.6. The van der Waals surface area contributed by atoms with E-state index in [1.54, 1.807) is 14.2 Å². The van der Waals surface area contributed by atoms with E-state index >= 15 is 0 Å². The Morgan fingerprint density at radius 2 is 1.88 bits per heavy atom. The summed E-state index contributed by atoms with van der Waals surface area (Å²) in [6, 6.07) is 16.9. The van der Waals surface area contributed by atoms with Gasteiger partial charge in [-0.05, 0) is 29.7 Å². The highest BCUT2D eigenvalue weighted by molar-refractivity contribution is 7.89. The molecule has 33 heavy (non-hydrogen) atoms. The first-order chi connectivity index (χ1) is 15.8. The zero-order chi connectivity index (χ0) is 24.1. The number of carbonyl (C=O) groups is 1. The number of benzene rings is 2. The van der Waals surface area contributed by atoms with Crippen LogP contribution in [0.1, 0.15) is 24.5 Å². The highest BCUT2D eigenvalue weighted by atomic mass is 32.2. The van der Waals surface area contributed by atoms with Crippen LogP contribution in [0.4, 0.5) is 4.79 Å². The molecule has 2 atom stereocenters. The first kappa shape index (κ1) is 24.8. The Morgan fingerprint density at radius 1 is 1.21 bits per heavy atom. The summed E-state index contributed by atoms with van der Waals surface area (Å²) >= 11 is 0. The van der Waals surface area contributed by atoms with Gasteiger partial charge in [-0.1, -0.05) is 62.0 Å². The lowest BCUT2D eigenvalue weighted by Gasteiger charge is -2.35. The normalized spacial score (nSPS) is 20.6. The van der Waals surface area contributed by atoms with Crippen molar-refractivity contribution in [3.63, 3.8) is 0 Å². The number of hydrogen-bond acceptors (Lipinski definition) is 5. The Balaban J connectivity index is 1.95. The predicted molar refractivity (Wildman–Crippen MR) is 129 cm³/mol. The van der Waals surface area contributed by atoms with E-state index in [-0.39, 0.29) is 26.2 Å². The van der Waals surface area contributed by atoms with Gasteiger partial charge in [-0.2, -0.15) is 0 Å². The smallest absolute Gasteiger partial charge is 0.410 e. The van der Waals surface area contributed by atoms with E-state index in [9.17, 15) is 13.2 Å².